The fourth-order valence-electron chi connectivity index (χ4n) is 1.65. The van der Waals surface area contributed by atoms with Gasteiger partial charge in [-0.3, -0.25) is 0 Å². The number of hydrogen-bond acceptors (Lipinski definition) is 3. The maximum Gasteiger partial charge on any atom is 0.379 e. The molecule has 0 saturated carbocycles. The van der Waals surface area contributed by atoms with Gasteiger partial charge in [0.25, 0.3) is 0 Å². The number of halogens is 3. The lowest BCUT2D eigenvalue weighted by Gasteiger charge is -2.23. The van der Waals surface area contributed by atoms with E-state index in [1.165, 1.54) is 37.8 Å². The van der Waals surface area contributed by atoms with E-state index >= 15 is 0 Å². The zero-order valence-corrected chi connectivity index (χ0v) is 12.4. The predicted octanol–water partition coefficient (Wildman–Crippen LogP) is 4.82. The molecule has 112 valence electrons. The summed E-state index contributed by atoms with van der Waals surface area (Å²) in [7, 11) is 0. The summed E-state index contributed by atoms with van der Waals surface area (Å²) in [4.78, 5) is 2.41. The van der Waals surface area contributed by atoms with Gasteiger partial charge in [0.1, 0.15) is 0 Å². The Labute approximate surface area is 119 Å². The second-order valence-electron chi connectivity index (χ2n) is 4.13. The van der Waals surface area contributed by atoms with Crippen LogP contribution in [0.2, 0.25) is 0 Å². The van der Waals surface area contributed by atoms with Crippen molar-refractivity contribution in [3.63, 3.8) is 0 Å². The highest BCUT2D eigenvalue weighted by Crippen LogP contribution is 2.08. The molecule has 0 bridgehead atoms. The molecule has 0 amide bonds. The highest BCUT2D eigenvalue weighted by atomic mass is 32.1. The number of nitrogens with one attached hydrogen (secondary N) is 1. The van der Waals surface area contributed by atoms with E-state index in [0.717, 1.165) is 6.54 Å². The Morgan fingerprint density at radius 1 is 1.26 bits per heavy atom. The molecule has 0 fully saturated rings. The first-order valence-electron chi connectivity index (χ1n) is 6.27. The van der Waals surface area contributed by atoms with Crippen molar-refractivity contribution in [2.75, 3.05) is 13.1 Å². The average Bonchev–Trinajstić information content (AvgIpc) is 2.37. The molecule has 2 nitrogen and oxygen atoms in total. The van der Waals surface area contributed by atoms with Gasteiger partial charge in [-0.25, -0.2) is 4.78 Å². The molecule has 0 aromatic rings. The number of alkyl halides is 3. The summed E-state index contributed by atoms with van der Waals surface area (Å²) >= 11 is 3.33. The maximum absolute atomic E-state index is 9.67. The highest BCUT2D eigenvalue weighted by molar-refractivity contribution is 7.45. The summed E-state index contributed by atoms with van der Waals surface area (Å²) < 4.78 is 34.3. The highest BCUT2D eigenvalue weighted by Gasteiger charge is 2.02. The van der Waals surface area contributed by atoms with Crippen LogP contribution in [-0.4, -0.2) is 24.7 Å². The van der Waals surface area contributed by atoms with Crippen molar-refractivity contribution in [2.24, 2.45) is 0 Å². The molecule has 0 radical (unpaired) electrons. The van der Waals surface area contributed by atoms with Crippen molar-refractivity contribution in [1.29, 1.82) is 4.78 Å². The first kappa shape index (κ1) is 20.4. The van der Waals surface area contributed by atoms with Gasteiger partial charge in [-0.2, -0.15) is 13.2 Å². The fourth-order valence-corrected chi connectivity index (χ4v) is 1.65. The van der Waals surface area contributed by atoms with Crippen LogP contribution >= 0.6 is 0 Å². The van der Waals surface area contributed by atoms with Crippen LogP contribution in [0.3, 0.4) is 0 Å². The number of hydrogen-bond donors (Lipinski definition) is 1. The van der Waals surface area contributed by atoms with E-state index in [1.54, 1.807) is 0 Å². The Hall–Kier alpha value is -0.910. The third-order valence-corrected chi connectivity index (χ3v) is 2.43. The van der Waals surface area contributed by atoms with Gasteiger partial charge >= 0.3 is 6.68 Å². The SMILES string of the molecule is CCCCCCN1C=CC=C(C)C1.FC(F)F.N=S. The van der Waals surface area contributed by atoms with E-state index in [9.17, 15) is 13.2 Å². The minimum Gasteiger partial charge on any atom is -0.373 e. The van der Waals surface area contributed by atoms with E-state index in [-0.39, 0.29) is 0 Å². The van der Waals surface area contributed by atoms with Crippen LogP contribution < -0.4 is 0 Å². The zero-order valence-electron chi connectivity index (χ0n) is 11.5. The second kappa shape index (κ2) is 15.1. The molecule has 6 heteroatoms. The standard InChI is InChI=1S/C12H21N.CHF3.HNS/c1-3-4-5-6-9-13-10-7-8-12(2)11-13;2-1(3)4;1-2/h7-8,10H,3-6,9,11H2,1-2H3;1H;1H. The first-order valence-corrected chi connectivity index (χ1v) is 6.67. The average molecular weight is 296 g/mol. The summed E-state index contributed by atoms with van der Waals surface area (Å²) in [5, 5.41) is 0. The van der Waals surface area contributed by atoms with Crippen molar-refractivity contribution < 1.29 is 13.2 Å². The Morgan fingerprint density at radius 2 is 1.84 bits per heavy atom. The molecule has 19 heavy (non-hydrogen) atoms. The van der Waals surface area contributed by atoms with Gasteiger partial charge in [0.2, 0.25) is 0 Å². The quantitative estimate of drug-likeness (QED) is 0.737. The van der Waals surface area contributed by atoms with Crippen LogP contribution in [0.4, 0.5) is 13.2 Å². The molecule has 1 N–H and O–H groups in total. The first-order chi connectivity index (χ1) is 9.06. The molecule has 0 aromatic carbocycles. The predicted molar refractivity (Wildman–Crippen MR) is 75.8 cm³/mol. The Bertz CT molecular complexity index is 256. The van der Waals surface area contributed by atoms with Crippen LogP contribution in [0.25, 0.3) is 0 Å². The molecule has 0 spiro atoms. The molecule has 0 unspecified atom stereocenters. The molecule has 0 aliphatic carbocycles. The van der Waals surface area contributed by atoms with Crippen LogP contribution in [0.15, 0.2) is 23.9 Å². The normalized spacial score (nSPS) is 13.2. The van der Waals surface area contributed by atoms with Crippen molar-refractivity contribution in [1.82, 2.24) is 4.90 Å². The third-order valence-electron chi connectivity index (χ3n) is 2.43. The van der Waals surface area contributed by atoms with Crippen molar-refractivity contribution >= 4 is 12.4 Å². The number of nitrogens with zero attached hydrogens (tertiary/aromatic N) is 1. The van der Waals surface area contributed by atoms with Gasteiger partial charge in [0, 0.05) is 25.5 Å². The lowest BCUT2D eigenvalue weighted by molar-refractivity contribution is 0.00819. The number of unbranched alkanes of at least 4 members (excludes halogenated alkanes) is 3. The molecular weight excluding hydrogens is 273 g/mol. The summed E-state index contributed by atoms with van der Waals surface area (Å²) in [5.74, 6) is 0. The van der Waals surface area contributed by atoms with Gasteiger partial charge in [0.05, 0.1) is 0 Å². The molecule has 0 atom stereocenters. The minimum atomic E-state index is -3.67. The lowest BCUT2D eigenvalue weighted by atomic mass is 10.1. The van der Waals surface area contributed by atoms with E-state index in [2.05, 4.69) is 49.5 Å². The maximum atomic E-state index is 9.67. The van der Waals surface area contributed by atoms with Gasteiger partial charge in [-0.05, 0) is 25.6 Å². The van der Waals surface area contributed by atoms with Gasteiger partial charge in [-0.1, -0.05) is 37.8 Å². The van der Waals surface area contributed by atoms with Crippen LogP contribution in [-0.2, 0) is 12.4 Å². The van der Waals surface area contributed by atoms with E-state index in [4.69, 9.17) is 4.78 Å². The van der Waals surface area contributed by atoms with Crippen LogP contribution in [0.1, 0.15) is 39.5 Å². The molecule has 1 rings (SSSR count). The Kier molecular flexibility index (Phi) is 16.3. The largest absolute Gasteiger partial charge is 0.379 e. The lowest BCUT2D eigenvalue weighted by Crippen LogP contribution is -2.22. The molecule has 1 aliphatic heterocycles. The van der Waals surface area contributed by atoms with Gasteiger partial charge < -0.3 is 4.90 Å². The summed E-state index contributed by atoms with van der Waals surface area (Å²) in [6.07, 6.45) is 12.0. The van der Waals surface area contributed by atoms with Gasteiger partial charge in [-0.15, -0.1) is 0 Å². The van der Waals surface area contributed by atoms with Crippen LogP contribution in [0.5, 0.6) is 0 Å². The summed E-state index contributed by atoms with van der Waals surface area (Å²) in [6.45, 7) is 3.14. The smallest absolute Gasteiger partial charge is 0.373 e. The summed E-state index contributed by atoms with van der Waals surface area (Å²) in [6, 6.07) is 0. The van der Waals surface area contributed by atoms with Crippen molar-refractivity contribution in [3.8, 4) is 0 Å². The molecular formula is C13H23F3N2S. The number of rotatable bonds is 5. The number of allylic oxidation sites excluding steroid dienone is 2. The van der Waals surface area contributed by atoms with Crippen molar-refractivity contribution in [3.05, 3.63) is 23.9 Å². The van der Waals surface area contributed by atoms with Gasteiger partial charge in [0.15, 0.2) is 0 Å². The molecule has 0 aromatic heterocycles. The Balaban J connectivity index is 0. The monoisotopic (exact) mass is 296 g/mol. The Morgan fingerprint density at radius 3 is 2.32 bits per heavy atom. The third kappa shape index (κ3) is 17.1. The van der Waals surface area contributed by atoms with Crippen molar-refractivity contribution in [2.45, 2.75) is 46.2 Å². The van der Waals surface area contributed by atoms with Crippen LogP contribution in [0, 0.1) is 4.78 Å². The molecule has 1 aliphatic rings. The molecule has 1 heterocycles. The van der Waals surface area contributed by atoms with E-state index in [1.807, 2.05) is 0 Å². The fraction of sp³-hybridized carbons (Fsp3) is 0.692. The minimum absolute atomic E-state index is 1.13. The van der Waals surface area contributed by atoms with E-state index < -0.39 is 6.68 Å². The second-order valence-corrected chi connectivity index (χ2v) is 4.13. The van der Waals surface area contributed by atoms with E-state index in [0.29, 0.717) is 0 Å². The molecule has 0 saturated heterocycles. The summed E-state index contributed by atoms with van der Waals surface area (Å²) in [5.41, 5.74) is 1.47. The zero-order chi connectivity index (χ0) is 15.1. The topological polar surface area (TPSA) is 27.1 Å².